The predicted molar refractivity (Wildman–Crippen MR) is 268 cm³/mol. The van der Waals surface area contributed by atoms with Gasteiger partial charge in [0, 0.05) is 64.3 Å². The molecule has 4 N–H and O–H groups in total. The molecular formula is C50H46BBrF4N12O6. The van der Waals surface area contributed by atoms with Crippen LogP contribution in [0.2, 0.25) is 0 Å². The normalized spacial score (nSPS) is 15.7. The molecule has 6 aromatic heterocycles. The average molecular weight is 1080 g/mol. The molecule has 8 aromatic rings. The van der Waals surface area contributed by atoms with Gasteiger partial charge < -0.3 is 39.3 Å². The van der Waals surface area contributed by atoms with Crippen molar-refractivity contribution in [3.8, 4) is 34.2 Å². The number of alkyl halides is 4. The Hall–Kier alpha value is -7.64. The summed E-state index contributed by atoms with van der Waals surface area (Å²) in [5, 5.41) is 39.4. The molecule has 2 aliphatic rings. The van der Waals surface area contributed by atoms with Crippen molar-refractivity contribution < 1.29 is 46.7 Å². The van der Waals surface area contributed by atoms with Crippen LogP contribution in [0.4, 0.5) is 29.2 Å². The van der Waals surface area contributed by atoms with Crippen LogP contribution in [-0.4, -0.2) is 91.7 Å². The quantitative estimate of drug-likeness (QED) is 0.0956. The molecule has 0 spiro atoms. The molecule has 0 saturated heterocycles. The number of carbonyl (C=O) groups excluding carboxylic acids is 2. The summed E-state index contributed by atoms with van der Waals surface area (Å²) < 4.78 is 66.1. The fourth-order valence-electron chi connectivity index (χ4n) is 7.66. The van der Waals surface area contributed by atoms with Gasteiger partial charge in [0.1, 0.15) is 47.1 Å². The zero-order valence-electron chi connectivity index (χ0n) is 39.6. The van der Waals surface area contributed by atoms with Crippen LogP contribution in [0.15, 0.2) is 127 Å². The summed E-state index contributed by atoms with van der Waals surface area (Å²) in [4.78, 5) is 42.4. The van der Waals surface area contributed by atoms with E-state index in [2.05, 4.69) is 80.7 Å². The second-order valence-electron chi connectivity index (χ2n) is 16.9. The number of amides is 2. The first-order valence-electron chi connectivity index (χ1n) is 23.0. The van der Waals surface area contributed by atoms with Crippen LogP contribution in [0.3, 0.4) is 0 Å². The number of anilines is 2. The zero-order chi connectivity index (χ0) is 52.3. The van der Waals surface area contributed by atoms with Gasteiger partial charge in [0.2, 0.25) is 0 Å². The van der Waals surface area contributed by atoms with Crippen LogP contribution in [0, 0.1) is 0 Å². The Labute approximate surface area is 429 Å². The van der Waals surface area contributed by atoms with Gasteiger partial charge in [0.15, 0.2) is 11.6 Å². The summed E-state index contributed by atoms with van der Waals surface area (Å²) in [5.41, 5.74) is 4.47. The SMILES string of the molecule is C[C@H]1CCOCc2ccc(-c3ccc(C(F)F)nc3)cc2C(=O)Nc2cccc(n2)-c2nncn21.C[C@H]1CCOCc2ccc(Br)cc2C(=O)Nc2cccc(n2)-c2nncn21.OB(O)c1ccc(C(F)F)nc1. The molecule has 0 unspecified atom stereocenters. The largest absolute Gasteiger partial charge is 0.490 e. The highest BCUT2D eigenvalue weighted by atomic mass is 79.9. The monoisotopic (exact) mass is 1080 g/mol. The Morgan fingerprint density at radius 1 is 0.649 bits per heavy atom. The first kappa shape index (κ1) is 52.7. The highest BCUT2D eigenvalue weighted by molar-refractivity contribution is 9.10. The second kappa shape index (κ2) is 24.4. The molecule has 0 radical (unpaired) electrons. The molecule has 8 heterocycles. The van der Waals surface area contributed by atoms with Gasteiger partial charge >= 0.3 is 7.12 Å². The van der Waals surface area contributed by atoms with Crippen molar-refractivity contribution in [3.63, 3.8) is 0 Å². The van der Waals surface area contributed by atoms with E-state index in [1.165, 1.54) is 18.3 Å². The number of benzene rings is 2. The van der Waals surface area contributed by atoms with Crippen molar-refractivity contribution in [2.24, 2.45) is 0 Å². The summed E-state index contributed by atoms with van der Waals surface area (Å²) in [6, 6.07) is 27.0. The number of pyridine rings is 4. The van der Waals surface area contributed by atoms with Crippen LogP contribution in [0.5, 0.6) is 0 Å². The van der Waals surface area contributed by atoms with E-state index in [-0.39, 0.29) is 47.4 Å². The molecule has 0 aliphatic carbocycles. The van der Waals surface area contributed by atoms with Crippen LogP contribution < -0.4 is 16.1 Å². The van der Waals surface area contributed by atoms with Gasteiger partial charge in [-0.3, -0.25) is 19.6 Å². The van der Waals surface area contributed by atoms with Crippen molar-refractivity contribution in [2.75, 3.05) is 23.8 Å². The first-order valence-corrected chi connectivity index (χ1v) is 23.8. The minimum absolute atomic E-state index is 0.0774. The molecule has 0 saturated carbocycles. The standard InChI is InChI=1S/C25H22F2N6O2.C19H18BrN5O2.C6H6BF2NO2/c1-15-9-10-35-13-18-6-5-16(17-7-8-20(23(26)27)28-12-17)11-19(18)25(34)31-22-4-2-3-21(30-22)24-32-29-14-33(15)24;1-12-7-8-27-10-13-5-6-14(20)9-15(13)19(26)23-17-4-2-3-16(22-17)18-24-21-11-25(12)18;8-6(9)5-2-1-4(3-10-5)7(11)12/h2-8,11-12,14-15,23H,9-10,13H2,1H3,(H,30,31,34);2-6,9,11-12H,7-8,10H2,1H3,(H,22,23,26);1-3,6,11-12H/t15-;12-;/m00./s1. The number of carbonyl (C=O) groups is 2. The lowest BCUT2D eigenvalue weighted by Crippen LogP contribution is -2.30. The van der Waals surface area contributed by atoms with Crippen LogP contribution in [-0.2, 0) is 22.7 Å². The van der Waals surface area contributed by atoms with Crippen molar-refractivity contribution in [1.29, 1.82) is 0 Å². The summed E-state index contributed by atoms with van der Waals surface area (Å²) in [6.07, 6.45) is 1.99. The molecule has 74 heavy (non-hydrogen) atoms. The predicted octanol–water partition coefficient (Wildman–Crippen LogP) is 8.61. The number of nitrogens with one attached hydrogen (secondary N) is 2. The molecule has 380 valence electrons. The number of hydrogen-bond acceptors (Lipinski definition) is 14. The van der Waals surface area contributed by atoms with Gasteiger partial charge in [-0.15, -0.1) is 20.4 Å². The minimum atomic E-state index is -2.64. The fraction of sp³-hybridized carbons (Fsp3) is 0.240. The number of halogens is 5. The zero-order valence-corrected chi connectivity index (χ0v) is 41.2. The maximum absolute atomic E-state index is 13.3. The fourth-order valence-corrected chi connectivity index (χ4v) is 8.02. The van der Waals surface area contributed by atoms with Crippen molar-refractivity contribution in [2.45, 2.75) is 64.8 Å². The van der Waals surface area contributed by atoms with E-state index in [1.807, 2.05) is 51.6 Å². The molecule has 2 aromatic carbocycles. The molecule has 2 aliphatic heterocycles. The number of fused-ring (bicyclic) bond motifs is 10. The smallest absolute Gasteiger partial charge is 0.423 e. The molecule has 2 amide bonds. The lowest BCUT2D eigenvalue weighted by molar-refractivity contribution is 0.0986. The van der Waals surface area contributed by atoms with E-state index in [9.17, 15) is 27.2 Å². The molecule has 24 heteroatoms. The Morgan fingerprint density at radius 2 is 1.15 bits per heavy atom. The number of ether oxygens (including phenoxy) is 2. The van der Waals surface area contributed by atoms with Crippen molar-refractivity contribution in [1.82, 2.24) is 49.5 Å². The second-order valence-corrected chi connectivity index (χ2v) is 17.8. The van der Waals surface area contributed by atoms with Crippen LogP contribution >= 0.6 is 15.9 Å². The Morgan fingerprint density at radius 3 is 1.64 bits per heavy atom. The topological polar surface area (TPSA) is 230 Å². The third kappa shape index (κ3) is 13.1. The Kier molecular flexibility index (Phi) is 17.4. The maximum atomic E-state index is 13.3. The molecular weight excluding hydrogens is 1030 g/mol. The van der Waals surface area contributed by atoms with E-state index in [0.717, 1.165) is 28.7 Å². The van der Waals surface area contributed by atoms with Gasteiger partial charge in [-0.2, -0.15) is 0 Å². The maximum Gasteiger partial charge on any atom is 0.490 e. The molecule has 2 atom stereocenters. The number of nitrogens with zero attached hydrogens (tertiary/aromatic N) is 10. The van der Waals surface area contributed by atoms with Gasteiger partial charge in [0.25, 0.3) is 24.7 Å². The third-order valence-electron chi connectivity index (χ3n) is 11.8. The minimum Gasteiger partial charge on any atom is -0.423 e. The molecule has 4 bridgehead atoms. The van der Waals surface area contributed by atoms with Gasteiger partial charge in [-0.25, -0.2) is 27.5 Å². The summed E-state index contributed by atoms with van der Waals surface area (Å²) >= 11 is 3.43. The van der Waals surface area contributed by atoms with E-state index < -0.39 is 20.0 Å². The first-order chi connectivity index (χ1) is 35.7. The summed E-state index contributed by atoms with van der Waals surface area (Å²) in [5.74, 6) is 1.51. The van der Waals surface area contributed by atoms with E-state index in [4.69, 9.17) is 19.5 Å². The van der Waals surface area contributed by atoms with E-state index in [0.29, 0.717) is 88.7 Å². The van der Waals surface area contributed by atoms with Gasteiger partial charge in [0.05, 0.1) is 13.2 Å². The molecule has 0 fully saturated rings. The lowest BCUT2D eigenvalue weighted by Gasteiger charge is -2.17. The number of hydrogen-bond donors (Lipinski definition) is 4. The van der Waals surface area contributed by atoms with Gasteiger partial charge in [-0.05, 0) is 98.0 Å². The third-order valence-corrected chi connectivity index (χ3v) is 12.2. The lowest BCUT2D eigenvalue weighted by atomic mass is 9.82. The average Bonchev–Trinajstić information content (AvgIpc) is 4.11. The highest BCUT2D eigenvalue weighted by Crippen LogP contribution is 2.29. The Bertz CT molecular complexity index is 3180. The van der Waals surface area contributed by atoms with E-state index in [1.54, 1.807) is 49.1 Å². The Balaban J connectivity index is 0.000000165. The van der Waals surface area contributed by atoms with Gasteiger partial charge in [-0.1, -0.05) is 58.4 Å². The molecule has 10 rings (SSSR count). The van der Waals surface area contributed by atoms with E-state index >= 15 is 0 Å². The van der Waals surface area contributed by atoms with Crippen molar-refractivity contribution in [3.05, 3.63) is 160 Å². The van der Waals surface area contributed by atoms with Crippen molar-refractivity contribution >= 4 is 52.0 Å². The molecule has 18 nitrogen and oxygen atoms in total. The van der Waals surface area contributed by atoms with Crippen LogP contribution in [0.1, 0.15) is 94.9 Å². The van der Waals surface area contributed by atoms with Crippen LogP contribution in [0.25, 0.3) is 34.2 Å². The number of aromatic nitrogens is 10. The summed E-state index contributed by atoms with van der Waals surface area (Å²) in [6.45, 7) is 5.78. The number of rotatable bonds is 4. The summed E-state index contributed by atoms with van der Waals surface area (Å²) in [7, 11) is -1.66. The highest BCUT2D eigenvalue weighted by Gasteiger charge is 2.21.